The first kappa shape index (κ1) is 27.8. The fourth-order valence-electron chi connectivity index (χ4n) is 4.82. The van der Waals surface area contributed by atoms with Crippen molar-refractivity contribution in [2.75, 3.05) is 0 Å². The molecule has 2 nitrogen and oxygen atoms in total. The van der Waals surface area contributed by atoms with E-state index in [-0.39, 0.29) is 33.2 Å². The van der Waals surface area contributed by atoms with Crippen LogP contribution in [0.1, 0.15) is 116 Å². The van der Waals surface area contributed by atoms with Gasteiger partial charge < -0.3 is 10.2 Å². The highest BCUT2D eigenvalue weighted by molar-refractivity contribution is 5.88. The Morgan fingerprint density at radius 2 is 0.722 bits per heavy atom. The lowest BCUT2D eigenvalue weighted by Gasteiger charge is -2.36. The molecule has 36 heavy (non-hydrogen) atoms. The van der Waals surface area contributed by atoms with Crippen LogP contribution in [0, 0.1) is 0 Å². The van der Waals surface area contributed by atoms with Crippen molar-refractivity contribution in [1.82, 2.24) is 0 Å². The van der Waals surface area contributed by atoms with Gasteiger partial charge in [0, 0.05) is 0 Å². The SMILES string of the molecule is CC(C)(C)c1cc(C(=C2C=CC=C2)c2cc(C(C)(C)C)c([O-])c(C(C)(C)C)c2)cc(C(C)(C)C)c1[O-]. The van der Waals surface area contributed by atoms with E-state index < -0.39 is 0 Å². The molecule has 0 aliphatic heterocycles. The highest BCUT2D eigenvalue weighted by Gasteiger charge is 2.27. The molecule has 0 heterocycles. The van der Waals surface area contributed by atoms with Crippen LogP contribution >= 0.6 is 0 Å². The maximum atomic E-state index is 13.6. The predicted octanol–water partition coefficient (Wildman–Crippen LogP) is 7.95. The van der Waals surface area contributed by atoms with Crippen LogP contribution in [0.25, 0.3) is 5.57 Å². The lowest BCUT2D eigenvalue weighted by molar-refractivity contribution is -0.272. The maximum Gasteiger partial charge on any atom is -0.00385 e. The van der Waals surface area contributed by atoms with Crippen LogP contribution < -0.4 is 10.2 Å². The van der Waals surface area contributed by atoms with Crippen LogP contribution in [-0.2, 0) is 21.7 Å². The van der Waals surface area contributed by atoms with E-state index in [1.807, 2.05) is 12.2 Å². The molecular weight excluding hydrogens is 440 g/mol. The average Bonchev–Trinajstić information content (AvgIpc) is 3.20. The van der Waals surface area contributed by atoms with E-state index in [9.17, 15) is 10.2 Å². The third-order valence-electron chi connectivity index (χ3n) is 6.94. The molecule has 0 amide bonds. The molecule has 0 radical (unpaired) electrons. The zero-order valence-corrected chi connectivity index (χ0v) is 24.4. The minimum absolute atomic E-state index is 0.126. The van der Waals surface area contributed by atoms with Crippen LogP contribution in [0.2, 0.25) is 0 Å². The minimum atomic E-state index is -0.295. The molecule has 1 aliphatic rings. The second-order valence-electron chi connectivity index (χ2n) is 14.3. The van der Waals surface area contributed by atoms with Crippen molar-refractivity contribution in [3.8, 4) is 11.5 Å². The van der Waals surface area contributed by atoms with Crippen molar-refractivity contribution in [3.05, 3.63) is 87.5 Å². The van der Waals surface area contributed by atoms with Crippen molar-refractivity contribution >= 4 is 5.57 Å². The zero-order chi connectivity index (χ0) is 27.4. The lowest BCUT2D eigenvalue weighted by Crippen LogP contribution is -2.22. The molecule has 0 spiro atoms. The Balaban J connectivity index is 2.50. The highest BCUT2D eigenvalue weighted by atomic mass is 16.3. The van der Waals surface area contributed by atoms with E-state index in [0.29, 0.717) is 0 Å². The van der Waals surface area contributed by atoms with Crippen molar-refractivity contribution in [2.45, 2.75) is 105 Å². The first-order chi connectivity index (χ1) is 16.2. The Bertz CT molecular complexity index is 1090. The molecule has 2 aromatic rings. The molecule has 0 aromatic heterocycles. The molecule has 0 atom stereocenters. The van der Waals surface area contributed by atoms with Gasteiger partial charge in [0.05, 0.1) is 0 Å². The van der Waals surface area contributed by atoms with Gasteiger partial charge in [0.1, 0.15) is 0 Å². The Morgan fingerprint density at radius 1 is 0.472 bits per heavy atom. The summed E-state index contributed by atoms with van der Waals surface area (Å²) in [6.45, 7) is 25.2. The van der Waals surface area contributed by atoms with Crippen LogP contribution in [0.4, 0.5) is 0 Å². The fraction of sp³-hybridized carbons (Fsp3) is 0.471. The molecule has 0 N–H and O–H groups in total. The van der Waals surface area contributed by atoms with Crippen LogP contribution in [0.15, 0.2) is 54.1 Å². The van der Waals surface area contributed by atoms with E-state index >= 15 is 0 Å². The minimum Gasteiger partial charge on any atom is -0.872 e. The molecule has 194 valence electrons. The van der Waals surface area contributed by atoms with Crippen LogP contribution in [-0.4, -0.2) is 0 Å². The summed E-state index contributed by atoms with van der Waals surface area (Å²) in [7, 11) is 0. The molecule has 2 heteroatoms. The summed E-state index contributed by atoms with van der Waals surface area (Å²) in [5, 5.41) is 27.3. The molecular formula is C34H44O2-2. The van der Waals surface area contributed by atoms with E-state index in [2.05, 4.69) is 120 Å². The monoisotopic (exact) mass is 484 g/mol. The highest BCUT2D eigenvalue weighted by Crippen LogP contribution is 2.45. The van der Waals surface area contributed by atoms with Gasteiger partial charge in [0.15, 0.2) is 0 Å². The first-order valence-corrected chi connectivity index (χ1v) is 13.0. The lowest BCUT2D eigenvalue weighted by atomic mass is 9.75. The fourth-order valence-corrected chi connectivity index (χ4v) is 4.82. The normalized spacial score (nSPS) is 14.6. The third-order valence-corrected chi connectivity index (χ3v) is 6.94. The quantitative estimate of drug-likeness (QED) is 0.434. The molecule has 0 saturated carbocycles. The Labute approximate surface area is 219 Å². The molecule has 3 rings (SSSR count). The predicted molar refractivity (Wildman–Crippen MR) is 151 cm³/mol. The molecule has 0 fully saturated rings. The van der Waals surface area contributed by atoms with Gasteiger partial charge in [-0.25, -0.2) is 0 Å². The third kappa shape index (κ3) is 5.48. The standard InChI is InChI=1S/C34H46O2/c1-31(2,3)24-17-22(18-25(29(24)35)32(4,5)6)28(21-15-13-14-16-21)23-19-26(33(7,8)9)30(36)27(20-23)34(10,11)12/h13-20,35-36H,1-12H3/p-2. The summed E-state index contributed by atoms with van der Waals surface area (Å²) < 4.78 is 0. The Hall–Kier alpha value is -2.74. The second-order valence-corrected chi connectivity index (χ2v) is 14.3. The van der Waals surface area contributed by atoms with Crippen molar-refractivity contribution < 1.29 is 10.2 Å². The van der Waals surface area contributed by atoms with Gasteiger partial charge in [-0.2, -0.15) is 0 Å². The van der Waals surface area contributed by atoms with E-state index in [4.69, 9.17) is 0 Å². The summed E-state index contributed by atoms with van der Waals surface area (Å²) in [6.07, 6.45) is 8.33. The van der Waals surface area contributed by atoms with Crippen molar-refractivity contribution in [2.24, 2.45) is 0 Å². The summed E-state index contributed by atoms with van der Waals surface area (Å²) in [5.74, 6) is 0.252. The van der Waals surface area contributed by atoms with Gasteiger partial charge in [-0.3, -0.25) is 0 Å². The average molecular weight is 485 g/mol. The van der Waals surface area contributed by atoms with Crippen molar-refractivity contribution in [1.29, 1.82) is 0 Å². The van der Waals surface area contributed by atoms with Crippen LogP contribution in [0.5, 0.6) is 11.5 Å². The Kier molecular flexibility index (Phi) is 6.94. The summed E-state index contributed by atoms with van der Waals surface area (Å²) in [6, 6.07) is 8.33. The molecule has 0 saturated heterocycles. The molecule has 2 aromatic carbocycles. The summed E-state index contributed by atoms with van der Waals surface area (Å²) in [4.78, 5) is 0. The summed E-state index contributed by atoms with van der Waals surface area (Å²) in [5.41, 5.74) is 6.30. The molecule has 1 aliphatic carbocycles. The van der Waals surface area contributed by atoms with Gasteiger partial charge in [0.2, 0.25) is 0 Å². The maximum absolute atomic E-state index is 13.6. The van der Waals surface area contributed by atoms with E-state index in [0.717, 1.165) is 44.5 Å². The van der Waals surface area contributed by atoms with Gasteiger partial charge in [-0.05, 0) is 66.2 Å². The van der Waals surface area contributed by atoms with Gasteiger partial charge >= 0.3 is 0 Å². The Morgan fingerprint density at radius 3 is 0.944 bits per heavy atom. The second kappa shape index (κ2) is 8.98. The topological polar surface area (TPSA) is 46.1 Å². The van der Waals surface area contributed by atoms with E-state index in [1.54, 1.807) is 0 Å². The number of benzene rings is 2. The van der Waals surface area contributed by atoms with Gasteiger partial charge in [-0.1, -0.05) is 132 Å². The zero-order valence-electron chi connectivity index (χ0n) is 24.4. The van der Waals surface area contributed by atoms with Crippen molar-refractivity contribution in [3.63, 3.8) is 0 Å². The first-order valence-electron chi connectivity index (χ1n) is 13.0. The number of allylic oxidation sites excluding steroid dienone is 5. The largest absolute Gasteiger partial charge is 0.872 e. The van der Waals surface area contributed by atoms with E-state index in [1.165, 1.54) is 0 Å². The molecule has 0 unspecified atom stereocenters. The van der Waals surface area contributed by atoms with Gasteiger partial charge in [0.25, 0.3) is 0 Å². The smallest absolute Gasteiger partial charge is 0.00385 e. The van der Waals surface area contributed by atoms with Gasteiger partial charge in [-0.15, -0.1) is 11.5 Å². The van der Waals surface area contributed by atoms with Crippen LogP contribution in [0.3, 0.4) is 0 Å². The number of rotatable bonds is 2. The number of hydrogen-bond donors (Lipinski definition) is 0. The molecule has 0 bridgehead atoms. The summed E-state index contributed by atoms with van der Waals surface area (Å²) >= 11 is 0. The number of hydrogen-bond acceptors (Lipinski definition) is 2.